The zero-order valence-electron chi connectivity index (χ0n) is 20.9. The van der Waals surface area contributed by atoms with Gasteiger partial charge in [-0.2, -0.15) is 5.21 Å². The highest BCUT2D eigenvalue weighted by Crippen LogP contribution is 2.29. The number of aromatic amines is 1. The lowest BCUT2D eigenvalue weighted by molar-refractivity contribution is 0.664. The van der Waals surface area contributed by atoms with Crippen LogP contribution in [0.2, 0.25) is 5.02 Å². The van der Waals surface area contributed by atoms with Gasteiger partial charge in [0.15, 0.2) is 0 Å². The maximum Gasteiger partial charge on any atom is 0.333 e. The van der Waals surface area contributed by atoms with Crippen LogP contribution in [-0.4, -0.2) is 34.7 Å². The highest BCUT2D eigenvalue weighted by atomic mass is 35.5. The summed E-state index contributed by atoms with van der Waals surface area (Å²) in [6, 6.07) is 17.6. The van der Waals surface area contributed by atoms with E-state index < -0.39 is 0 Å². The number of nitrogens with one attached hydrogen (secondary N) is 1. The SMILES string of the molecule is CCCCc1cn(-c2c(Cl)cccc2CC)c(=O)n1Cc1ccc(-c2ccccc2-c2nn[nH]n2)cn1. The maximum absolute atomic E-state index is 13.7. The van der Waals surface area contributed by atoms with E-state index in [1.165, 1.54) is 0 Å². The molecule has 8 nitrogen and oxygen atoms in total. The van der Waals surface area contributed by atoms with Gasteiger partial charge in [0.05, 0.1) is 22.9 Å². The summed E-state index contributed by atoms with van der Waals surface area (Å²) in [5.74, 6) is 0.527. The fourth-order valence-electron chi connectivity index (χ4n) is 4.57. The number of benzene rings is 2. The fraction of sp³-hybridized carbons (Fsp3) is 0.250. The van der Waals surface area contributed by atoms with Crippen molar-refractivity contribution in [2.24, 2.45) is 0 Å². The van der Waals surface area contributed by atoms with E-state index in [0.717, 1.165) is 65.0 Å². The van der Waals surface area contributed by atoms with Crippen molar-refractivity contribution in [1.29, 1.82) is 0 Å². The summed E-state index contributed by atoms with van der Waals surface area (Å²) in [5, 5.41) is 15.0. The Morgan fingerprint density at radius 1 is 1.00 bits per heavy atom. The molecule has 0 amide bonds. The Morgan fingerprint density at radius 3 is 2.54 bits per heavy atom. The van der Waals surface area contributed by atoms with Crippen LogP contribution in [0, 0.1) is 0 Å². The third-order valence-corrected chi connectivity index (χ3v) is 6.81. The summed E-state index contributed by atoms with van der Waals surface area (Å²) >= 11 is 6.57. The van der Waals surface area contributed by atoms with E-state index in [-0.39, 0.29) is 5.69 Å². The van der Waals surface area contributed by atoms with Crippen LogP contribution in [0.4, 0.5) is 0 Å². The Balaban J connectivity index is 1.50. The smallest absolute Gasteiger partial charge is 0.290 e. The number of hydrogen-bond donors (Lipinski definition) is 1. The van der Waals surface area contributed by atoms with Crippen LogP contribution in [0.25, 0.3) is 28.2 Å². The monoisotopic (exact) mass is 513 g/mol. The number of halogens is 1. The van der Waals surface area contributed by atoms with Crippen LogP contribution in [0.3, 0.4) is 0 Å². The zero-order valence-corrected chi connectivity index (χ0v) is 21.6. The number of H-pyrrole nitrogens is 1. The van der Waals surface area contributed by atoms with Crippen molar-refractivity contribution in [3.05, 3.63) is 99.4 Å². The number of pyridine rings is 1. The van der Waals surface area contributed by atoms with E-state index in [1.54, 1.807) is 4.57 Å². The van der Waals surface area contributed by atoms with E-state index in [0.29, 0.717) is 17.4 Å². The Morgan fingerprint density at radius 2 is 1.84 bits per heavy atom. The molecule has 0 saturated heterocycles. The first-order chi connectivity index (χ1) is 18.1. The van der Waals surface area contributed by atoms with Crippen molar-refractivity contribution in [1.82, 2.24) is 34.7 Å². The molecule has 5 rings (SSSR count). The predicted octanol–water partition coefficient (Wildman–Crippen LogP) is 5.49. The van der Waals surface area contributed by atoms with Crippen molar-refractivity contribution in [2.45, 2.75) is 46.1 Å². The van der Waals surface area contributed by atoms with Gasteiger partial charge in [0.1, 0.15) is 0 Å². The molecule has 5 aromatic rings. The average molecular weight is 514 g/mol. The molecule has 0 radical (unpaired) electrons. The molecule has 0 atom stereocenters. The van der Waals surface area contributed by atoms with Gasteiger partial charge in [-0.05, 0) is 47.7 Å². The van der Waals surface area contributed by atoms with E-state index in [2.05, 4.69) is 34.5 Å². The molecule has 3 heterocycles. The summed E-state index contributed by atoms with van der Waals surface area (Å²) in [6.07, 6.45) is 7.39. The minimum atomic E-state index is -0.109. The van der Waals surface area contributed by atoms with Gasteiger partial charge in [0.25, 0.3) is 0 Å². The summed E-state index contributed by atoms with van der Waals surface area (Å²) in [5.41, 5.74) is 6.22. The molecule has 0 aliphatic heterocycles. The van der Waals surface area contributed by atoms with Gasteiger partial charge in [-0.3, -0.25) is 14.1 Å². The first kappa shape index (κ1) is 24.6. The number of imidazole rings is 1. The van der Waals surface area contributed by atoms with Crippen LogP contribution >= 0.6 is 11.6 Å². The lowest BCUT2D eigenvalue weighted by atomic mass is 10.0. The van der Waals surface area contributed by atoms with Crippen molar-refractivity contribution in [2.75, 3.05) is 0 Å². The molecule has 0 fully saturated rings. The number of aromatic nitrogens is 7. The molecule has 0 aliphatic rings. The van der Waals surface area contributed by atoms with Gasteiger partial charge in [-0.15, -0.1) is 10.2 Å². The highest BCUT2D eigenvalue weighted by molar-refractivity contribution is 6.32. The molecule has 3 aromatic heterocycles. The lowest BCUT2D eigenvalue weighted by Gasteiger charge is -2.10. The number of para-hydroxylation sites is 1. The summed E-state index contributed by atoms with van der Waals surface area (Å²) in [7, 11) is 0. The Bertz CT molecular complexity index is 1550. The number of unbranched alkanes of at least 4 members (excludes halogenated alkanes) is 1. The molecule has 0 saturated carbocycles. The van der Waals surface area contributed by atoms with E-state index in [9.17, 15) is 4.79 Å². The topological polar surface area (TPSA) is 94.3 Å². The second-order valence-corrected chi connectivity index (χ2v) is 9.29. The minimum Gasteiger partial charge on any atom is -0.290 e. The molecule has 0 spiro atoms. The molecule has 9 heteroatoms. The molecule has 1 N–H and O–H groups in total. The Kier molecular flexibility index (Phi) is 7.28. The van der Waals surface area contributed by atoms with Gasteiger partial charge < -0.3 is 0 Å². The first-order valence-electron chi connectivity index (χ1n) is 12.5. The summed E-state index contributed by atoms with van der Waals surface area (Å²) in [6.45, 7) is 4.59. The number of tetrazole rings is 1. The zero-order chi connectivity index (χ0) is 25.8. The molecule has 2 aromatic carbocycles. The average Bonchev–Trinajstić information content (AvgIpc) is 3.57. The van der Waals surface area contributed by atoms with E-state index >= 15 is 0 Å². The second kappa shape index (κ2) is 10.9. The summed E-state index contributed by atoms with van der Waals surface area (Å²) in [4.78, 5) is 18.4. The number of nitrogens with zero attached hydrogens (tertiary/aromatic N) is 6. The maximum atomic E-state index is 13.7. The van der Waals surface area contributed by atoms with Crippen molar-refractivity contribution in [3.63, 3.8) is 0 Å². The molecular formula is C28H28ClN7O. The number of aryl methyl sites for hydroxylation is 2. The standard InChI is InChI=1S/C28H28ClN7O/c1-3-5-10-22-18-36(26-19(4-2)9-8-13-25(26)29)28(37)35(22)17-21-15-14-20(16-30-21)23-11-6-7-12-24(23)27-31-33-34-32-27/h6-9,11-16,18H,3-5,10,17H2,1-2H3,(H,31,32,33,34). The third-order valence-electron chi connectivity index (χ3n) is 6.51. The highest BCUT2D eigenvalue weighted by Gasteiger charge is 2.18. The molecule has 37 heavy (non-hydrogen) atoms. The van der Waals surface area contributed by atoms with Gasteiger partial charge in [-0.25, -0.2) is 4.79 Å². The molecule has 0 aliphatic carbocycles. The Hall–Kier alpha value is -4.04. The molecular weight excluding hydrogens is 486 g/mol. The van der Waals surface area contributed by atoms with Crippen LogP contribution < -0.4 is 5.69 Å². The first-order valence-corrected chi connectivity index (χ1v) is 12.9. The second-order valence-electron chi connectivity index (χ2n) is 8.88. The van der Waals surface area contributed by atoms with Crippen LogP contribution in [0.1, 0.15) is 43.6 Å². The van der Waals surface area contributed by atoms with Crippen LogP contribution in [-0.2, 0) is 19.4 Å². The largest absolute Gasteiger partial charge is 0.333 e. The fourth-order valence-corrected chi connectivity index (χ4v) is 4.86. The Labute approximate surface area is 220 Å². The van der Waals surface area contributed by atoms with Crippen molar-refractivity contribution < 1.29 is 0 Å². The molecule has 188 valence electrons. The van der Waals surface area contributed by atoms with Gasteiger partial charge in [-0.1, -0.05) is 74.3 Å². The quantitative estimate of drug-likeness (QED) is 0.281. The molecule has 0 bridgehead atoms. The number of rotatable bonds is 9. The summed E-state index contributed by atoms with van der Waals surface area (Å²) < 4.78 is 3.51. The van der Waals surface area contributed by atoms with Crippen molar-refractivity contribution in [3.8, 4) is 28.2 Å². The van der Waals surface area contributed by atoms with E-state index in [4.69, 9.17) is 16.6 Å². The van der Waals surface area contributed by atoms with E-state index in [1.807, 2.05) is 71.6 Å². The normalized spacial score (nSPS) is 11.2. The molecule has 0 unspecified atom stereocenters. The van der Waals surface area contributed by atoms with Crippen molar-refractivity contribution >= 4 is 11.6 Å². The number of hydrogen-bond acceptors (Lipinski definition) is 5. The van der Waals surface area contributed by atoms with Crippen LogP contribution in [0.15, 0.2) is 71.8 Å². The van der Waals surface area contributed by atoms with Gasteiger partial charge in [0.2, 0.25) is 5.82 Å². The van der Waals surface area contributed by atoms with Crippen LogP contribution in [0.5, 0.6) is 0 Å². The predicted molar refractivity (Wildman–Crippen MR) is 145 cm³/mol. The van der Waals surface area contributed by atoms with Gasteiger partial charge >= 0.3 is 5.69 Å². The third kappa shape index (κ3) is 4.97. The van der Waals surface area contributed by atoms with Gasteiger partial charge in [0, 0.05) is 29.2 Å². The minimum absolute atomic E-state index is 0.109. The lowest BCUT2D eigenvalue weighted by Crippen LogP contribution is -2.25.